The highest BCUT2D eigenvalue weighted by molar-refractivity contribution is 5.81. The summed E-state index contributed by atoms with van der Waals surface area (Å²) in [5, 5.41) is 0. The lowest BCUT2D eigenvalue weighted by molar-refractivity contribution is -0.186. The molecule has 1 fully saturated rings. The van der Waals surface area contributed by atoms with Gasteiger partial charge >= 0.3 is 6.18 Å². The second kappa shape index (κ2) is 6.38. The molecule has 2 atom stereocenters. The molecular formula is C12H19F3O2. The Morgan fingerprint density at radius 1 is 1.35 bits per heavy atom. The van der Waals surface area contributed by atoms with E-state index in [1.807, 2.05) is 0 Å². The Balaban J connectivity index is 2.41. The van der Waals surface area contributed by atoms with Crippen LogP contribution in [0.1, 0.15) is 38.5 Å². The van der Waals surface area contributed by atoms with Crippen LogP contribution in [0.2, 0.25) is 0 Å². The van der Waals surface area contributed by atoms with Gasteiger partial charge in [0.15, 0.2) is 0 Å². The first-order valence-electron chi connectivity index (χ1n) is 6.03. The molecule has 1 aliphatic rings. The van der Waals surface area contributed by atoms with Gasteiger partial charge in [0.1, 0.15) is 5.78 Å². The summed E-state index contributed by atoms with van der Waals surface area (Å²) in [6, 6.07) is 0. The summed E-state index contributed by atoms with van der Waals surface area (Å²) in [5.74, 6) is -1.71. The molecule has 0 aromatic carbocycles. The van der Waals surface area contributed by atoms with Crippen LogP contribution in [-0.2, 0) is 9.53 Å². The Hall–Kier alpha value is -0.580. The van der Waals surface area contributed by atoms with Gasteiger partial charge < -0.3 is 4.74 Å². The van der Waals surface area contributed by atoms with E-state index in [4.69, 9.17) is 4.74 Å². The number of methoxy groups -OCH3 is 1. The van der Waals surface area contributed by atoms with Crippen LogP contribution in [0.3, 0.4) is 0 Å². The van der Waals surface area contributed by atoms with Gasteiger partial charge in [-0.15, -0.1) is 0 Å². The van der Waals surface area contributed by atoms with Gasteiger partial charge in [-0.1, -0.05) is 6.42 Å². The molecule has 100 valence electrons. The SMILES string of the molecule is COCCCC(=O)C1CCCC(C(F)(F)F)C1. The van der Waals surface area contributed by atoms with E-state index in [-0.39, 0.29) is 18.6 Å². The number of carbonyl (C=O) groups excluding carboxylic acids is 1. The van der Waals surface area contributed by atoms with E-state index in [9.17, 15) is 18.0 Å². The van der Waals surface area contributed by atoms with Crippen molar-refractivity contribution in [2.75, 3.05) is 13.7 Å². The second-order valence-corrected chi connectivity index (χ2v) is 4.66. The highest BCUT2D eigenvalue weighted by atomic mass is 19.4. The zero-order chi connectivity index (χ0) is 12.9. The van der Waals surface area contributed by atoms with Gasteiger partial charge in [0, 0.05) is 26.1 Å². The molecule has 0 aromatic rings. The zero-order valence-corrected chi connectivity index (χ0v) is 10.1. The predicted octanol–water partition coefficient (Wildman–Crippen LogP) is 3.35. The molecule has 17 heavy (non-hydrogen) atoms. The van der Waals surface area contributed by atoms with Gasteiger partial charge in [0.05, 0.1) is 5.92 Å². The number of Topliss-reactive ketones (excluding diaryl/α,β-unsaturated/α-hetero) is 1. The van der Waals surface area contributed by atoms with Crippen molar-refractivity contribution >= 4 is 5.78 Å². The number of alkyl halides is 3. The first-order chi connectivity index (χ1) is 7.95. The van der Waals surface area contributed by atoms with Crippen LogP contribution >= 0.6 is 0 Å². The maximum atomic E-state index is 12.6. The van der Waals surface area contributed by atoms with Crippen molar-refractivity contribution in [3.05, 3.63) is 0 Å². The topological polar surface area (TPSA) is 26.3 Å². The molecule has 0 heterocycles. The number of carbonyl (C=O) groups is 1. The number of ether oxygens (including phenoxy) is 1. The predicted molar refractivity (Wildman–Crippen MR) is 57.6 cm³/mol. The zero-order valence-electron chi connectivity index (χ0n) is 10.1. The van der Waals surface area contributed by atoms with Crippen molar-refractivity contribution in [2.45, 2.75) is 44.7 Å². The van der Waals surface area contributed by atoms with Crippen LogP contribution in [0.25, 0.3) is 0 Å². The minimum absolute atomic E-state index is 0.0185. The lowest BCUT2D eigenvalue weighted by Gasteiger charge is -2.29. The van der Waals surface area contributed by atoms with Crippen LogP contribution in [-0.4, -0.2) is 25.7 Å². The summed E-state index contributed by atoms with van der Waals surface area (Å²) in [4.78, 5) is 11.7. The maximum absolute atomic E-state index is 12.6. The Morgan fingerprint density at radius 2 is 2.06 bits per heavy atom. The quantitative estimate of drug-likeness (QED) is 0.701. The van der Waals surface area contributed by atoms with Crippen molar-refractivity contribution < 1.29 is 22.7 Å². The third kappa shape index (κ3) is 4.66. The summed E-state index contributed by atoms with van der Waals surface area (Å²) in [5.41, 5.74) is 0. The molecule has 0 aliphatic heterocycles. The van der Waals surface area contributed by atoms with Gasteiger partial charge in [0.25, 0.3) is 0 Å². The van der Waals surface area contributed by atoms with Crippen LogP contribution in [0.5, 0.6) is 0 Å². The summed E-state index contributed by atoms with van der Waals surface area (Å²) in [6.07, 6.45) is -1.94. The third-order valence-corrected chi connectivity index (χ3v) is 3.36. The van der Waals surface area contributed by atoms with Crippen molar-refractivity contribution in [3.63, 3.8) is 0 Å². The average Bonchev–Trinajstić information content (AvgIpc) is 2.28. The molecule has 0 spiro atoms. The Kier molecular flexibility index (Phi) is 5.43. The van der Waals surface area contributed by atoms with Gasteiger partial charge in [-0.2, -0.15) is 13.2 Å². The summed E-state index contributed by atoms with van der Waals surface area (Å²) in [7, 11) is 1.55. The fraction of sp³-hybridized carbons (Fsp3) is 0.917. The summed E-state index contributed by atoms with van der Waals surface area (Å²) in [6.45, 7) is 0.487. The normalized spacial score (nSPS) is 25.9. The first kappa shape index (κ1) is 14.5. The van der Waals surface area contributed by atoms with Crippen molar-refractivity contribution in [1.82, 2.24) is 0 Å². The molecule has 0 aromatic heterocycles. The number of hydrogen-bond donors (Lipinski definition) is 0. The largest absolute Gasteiger partial charge is 0.391 e. The maximum Gasteiger partial charge on any atom is 0.391 e. The Bertz CT molecular complexity index is 251. The number of ketones is 1. The fourth-order valence-corrected chi connectivity index (χ4v) is 2.37. The minimum atomic E-state index is -4.15. The monoisotopic (exact) mass is 252 g/mol. The molecule has 1 saturated carbocycles. The average molecular weight is 252 g/mol. The van der Waals surface area contributed by atoms with Gasteiger partial charge in [0.2, 0.25) is 0 Å². The molecule has 1 rings (SSSR count). The summed E-state index contributed by atoms with van der Waals surface area (Å²) >= 11 is 0. The molecule has 0 saturated heterocycles. The fourth-order valence-electron chi connectivity index (χ4n) is 2.37. The molecule has 2 unspecified atom stereocenters. The van der Waals surface area contributed by atoms with Crippen LogP contribution < -0.4 is 0 Å². The smallest absolute Gasteiger partial charge is 0.385 e. The second-order valence-electron chi connectivity index (χ2n) is 4.66. The van der Waals surface area contributed by atoms with Crippen LogP contribution in [0, 0.1) is 11.8 Å². The van der Waals surface area contributed by atoms with E-state index in [2.05, 4.69) is 0 Å². The van der Waals surface area contributed by atoms with E-state index in [0.29, 0.717) is 32.3 Å². The van der Waals surface area contributed by atoms with E-state index in [1.165, 1.54) is 0 Å². The standard InChI is InChI=1S/C12H19F3O2/c1-17-7-3-6-11(16)9-4-2-5-10(8-9)12(13,14)15/h9-10H,2-8H2,1H3. The molecular weight excluding hydrogens is 233 g/mol. The molecule has 0 N–H and O–H groups in total. The van der Waals surface area contributed by atoms with Gasteiger partial charge in [-0.3, -0.25) is 4.79 Å². The van der Waals surface area contributed by atoms with E-state index in [0.717, 1.165) is 0 Å². The Labute approximate surface area is 99.5 Å². The number of halogens is 3. The first-order valence-corrected chi connectivity index (χ1v) is 6.03. The molecule has 0 bridgehead atoms. The lowest BCUT2D eigenvalue weighted by Crippen LogP contribution is -2.31. The number of rotatable bonds is 5. The van der Waals surface area contributed by atoms with E-state index < -0.39 is 18.0 Å². The minimum Gasteiger partial charge on any atom is -0.385 e. The van der Waals surface area contributed by atoms with Crippen molar-refractivity contribution in [1.29, 1.82) is 0 Å². The Morgan fingerprint density at radius 3 is 2.65 bits per heavy atom. The molecule has 0 radical (unpaired) electrons. The van der Waals surface area contributed by atoms with E-state index >= 15 is 0 Å². The molecule has 5 heteroatoms. The highest BCUT2D eigenvalue weighted by Gasteiger charge is 2.43. The van der Waals surface area contributed by atoms with Crippen LogP contribution in [0.15, 0.2) is 0 Å². The lowest BCUT2D eigenvalue weighted by atomic mass is 9.78. The van der Waals surface area contributed by atoms with Crippen molar-refractivity contribution in [3.8, 4) is 0 Å². The molecule has 1 aliphatic carbocycles. The van der Waals surface area contributed by atoms with Crippen LogP contribution in [0.4, 0.5) is 13.2 Å². The van der Waals surface area contributed by atoms with E-state index in [1.54, 1.807) is 7.11 Å². The molecule has 0 amide bonds. The van der Waals surface area contributed by atoms with Crippen molar-refractivity contribution in [2.24, 2.45) is 11.8 Å². The third-order valence-electron chi connectivity index (χ3n) is 3.36. The number of hydrogen-bond acceptors (Lipinski definition) is 2. The highest BCUT2D eigenvalue weighted by Crippen LogP contribution is 2.40. The summed E-state index contributed by atoms with van der Waals surface area (Å²) < 4.78 is 42.5. The molecule has 2 nitrogen and oxygen atoms in total. The van der Waals surface area contributed by atoms with Gasteiger partial charge in [-0.05, 0) is 25.7 Å². The van der Waals surface area contributed by atoms with Gasteiger partial charge in [-0.25, -0.2) is 0 Å².